The fraction of sp³-hybridized carbons (Fsp3) is 0.450. The van der Waals surface area contributed by atoms with Gasteiger partial charge in [0, 0.05) is 26.2 Å². The molecule has 0 radical (unpaired) electrons. The highest BCUT2D eigenvalue weighted by Crippen LogP contribution is 2.25. The normalized spacial score (nSPS) is 15.1. The largest absolute Gasteiger partial charge is 0.351 e. The van der Waals surface area contributed by atoms with E-state index in [-0.39, 0.29) is 11.8 Å². The number of rotatable bonds is 3. The summed E-state index contributed by atoms with van der Waals surface area (Å²) in [6.07, 6.45) is 2.38. The third-order valence-corrected chi connectivity index (χ3v) is 4.96. The van der Waals surface area contributed by atoms with Crippen LogP contribution in [0, 0.1) is 6.92 Å². The summed E-state index contributed by atoms with van der Waals surface area (Å²) in [5.41, 5.74) is 9.03. The molecular formula is C20H27N5O2. The number of hydrogen-bond donors (Lipinski definition) is 1. The zero-order chi connectivity index (χ0) is 19.6. The van der Waals surface area contributed by atoms with Crippen molar-refractivity contribution in [1.29, 1.82) is 0 Å². The molecule has 0 atom stereocenters. The molecule has 2 N–H and O–H groups in total. The first kappa shape index (κ1) is 18.9. The number of nitrogens with zero attached hydrogens (tertiary/aromatic N) is 4. The van der Waals surface area contributed by atoms with E-state index in [1.54, 1.807) is 16.0 Å². The van der Waals surface area contributed by atoms with Crippen molar-refractivity contribution in [3.63, 3.8) is 0 Å². The molecule has 7 heteroatoms. The van der Waals surface area contributed by atoms with Gasteiger partial charge in [0.2, 0.25) is 0 Å². The average molecular weight is 369 g/mol. The van der Waals surface area contributed by atoms with Gasteiger partial charge in [0.15, 0.2) is 0 Å². The smallest absolute Gasteiger partial charge is 0.314 e. The number of aromatic nitrogens is 2. The topological polar surface area (TPSA) is 84.5 Å². The van der Waals surface area contributed by atoms with E-state index in [4.69, 9.17) is 5.73 Å². The summed E-state index contributed by atoms with van der Waals surface area (Å²) in [6.45, 7) is 8.30. The molecule has 1 aliphatic rings. The molecule has 7 nitrogen and oxygen atoms in total. The van der Waals surface area contributed by atoms with Crippen LogP contribution in [0.15, 0.2) is 30.5 Å². The molecule has 0 bridgehead atoms. The van der Waals surface area contributed by atoms with Crippen LogP contribution in [0.1, 0.15) is 47.8 Å². The Bertz CT molecular complexity index is 825. The lowest BCUT2D eigenvalue weighted by Gasteiger charge is -2.22. The lowest BCUT2D eigenvalue weighted by molar-refractivity contribution is 0.0761. The molecule has 1 aromatic heterocycles. The molecule has 0 unspecified atom stereocenters. The van der Waals surface area contributed by atoms with Crippen LogP contribution in [-0.4, -0.2) is 57.7 Å². The molecule has 2 aromatic rings. The predicted octanol–water partition coefficient (Wildman–Crippen LogP) is 2.53. The van der Waals surface area contributed by atoms with Crippen LogP contribution in [0.25, 0.3) is 5.69 Å². The van der Waals surface area contributed by atoms with Crippen LogP contribution in [-0.2, 0) is 0 Å². The number of nitrogens with two attached hydrogens (primary N) is 1. The number of amides is 3. The molecule has 1 fully saturated rings. The maximum atomic E-state index is 13.2. The van der Waals surface area contributed by atoms with Gasteiger partial charge in [-0.1, -0.05) is 31.5 Å². The van der Waals surface area contributed by atoms with Crippen molar-refractivity contribution < 1.29 is 9.59 Å². The van der Waals surface area contributed by atoms with Crippen LogP contribution >= 0.6 is 0 Å². The van der Waals surface area contributed by atoms with Gasteiger partial charge in [-0.25, -0.2) is 9.48 Å². The number of carbonyl (C=O) groups is 2. The molecule has 2 heterocycles. The minimum atomic E-state index is -0.431. The molecule has 3 amide bonds. The Kier molecular flexibility index (Phi) is 5.48. The van der Waals surface area contributed by atoms with Gasteiger partial charge in [0.1, 0.15) is 0 Å². The highest BCUT2D eigenvalue weighted by Gasteiger charge is 2.27. The molecule has 0 aliphatic carbocycles. The number of urea groups is 1. The van der Waals surface area contributed by atoms with Gasteiger partial charge in [-0.2, -0.15) is 5.10 Å². The van der Waals surface area contributed by atoms with E-state index in [0.717, 1.165) is 17.8 Å². The molecule has 1 aromatic carbocycles. The van der Waals surface area contributed by atoms with E-state index in [1.807, 2.05) is 35.9 Å². The minimum absolute atomic E-state index is 0.0385. The zero-order valence-corrected chi connectivity index (χ0v) is 16.2. The van der Waals surface area contributed by atoms with Crippen LogP contribution < -0.4 is 5.73 Å². The zero-order valence-electron chi connectivity index (χ0n) is 16.2. The molecule has 1 saturated heterocycles. The van der Waals surface area contributed by atoms with Crippen LogP contribution in [0.5, 0.6) is 0 Å². The van der Waals surface area contributed by atoms with Crippen LogP contribution in [0.4, 0.5) is 4.79 Å². The van der Waals surface area contributed by atoms with E-state index < -0.39 is 6.03 Å². The SMILES string of the molecule is Cc1ccc(-n2ncc(C(=O)N3CCCN(C(N)=O)CC3)c2C(C)C)cc1. The van der Waals surface area contributed by atoms with Crippen molar-refractivity contribution >= 4 is 11.9 Å². The first-order valence-corrected chi connectivity index (χ1v) is 9.37. The number of benzene rings is 1. The Hall–Kier alpha value is -2.83. The van der Waals surface area contributed by atoms with Crippen molar-refractivity contribution in [3.8, 4) is 5.69 Å². The monoisotopic (exact) mass is 369 g/mol. The maximum Gasteiger partial charge on any atom is 0.314 e. The number of carbonyl (C=O) groups excluding carboxylic acids is 2. The quantitative estimate of drug-likeness (QED) is 0.902. The van der Waals surface area contributed by atoms with E-state index in [0.29, 0.717) is 31.7 Å². The summed E-state index contributed by atoms with van der Waals surface area (Å²) in [5.74, 6) is 0.102. The fourth-order valence-electron chi connectivity index (χ4n) is 3.48. The molecule has 27 heavy (non-hydrogen) atoms. The highest BCUT2D eigenvalue weighted by atomic mass is 16.2. The lowest BCUT2D eigenvalue weighted by atomic mass is 10.0. The Morgan fingerprint density at radius 2 is 1.67 bits per heavy atom. The van der Waals surface area contributed by atoms with Gasteiger partial charge >= 0.3 is 6.03 Å². The molecule has 3 rings (SSSR count). The van der Waals surface area contributed by atoms with Crippen molar-refractivity contribution in [1.82, 2.24) is 19.6 Å². The summed E-state index contributed by atoms with van der Waals surface area (Å²) < 4.78 is 1.85. The summed E-state index contributed by atoms with van der Waals surface area (Å²) in [6, 6.07) is 7.67. The molecule has 144 valence electrons. The first-order valence-electron chi connectivity index (χ1n) is 9.37. The summed E-state index contributed by atoms with van der Waals surface area (Å²) >= 11 is 0. The third kappa shape index (κ3) is 3.97. The van der Waals surface area contributed by atoms with E-state index in [2.05, 4.69) is 18.9 Å². The van der Waals surface area contributed by atoms with Crippen molar-refractivity contribution in [2.45, 2.75) is 33.1 Å². The van der Waals surface area contributed by atoms with Crippen molar-refractivity contribution in [3.05, 3.63) is 47.3 Å². The van der Waals surface area contributed by atoms with E-state index >= 15 is 0 Å². The third-order valence-electron chi connectivity index (χ3n) is 4.96. The molecule has 0 spiro atoms. The Balaban J connectivity index is 1.89. The number of primary amides is 1. The maximum absolute atomic E-state index is 13.2. The summed E-state index contributed by atoms with van der Waals surface area (Å²) in [5, 5.41) is 4.50. The van der Waals surface area contributed by atoms with Gasteiger partial charge in [-0.3, -0.25) is 4.79 Å². The summed E-state index contributed by atoms with van der Waals surface area (Å²) in [4.78, 5) is 28.0. The molecule has 0 saturated carbocycles. The molecule has 1 aliphatic heterocycles. The average Bonchev–Trinajstić information content (AvgIpc) is 2.92. The second kappa shape index (κ2) is 7.82. The standard InChI is InChI=1S/C20H27N5O2/c1-14(2)18-17(13-22-25(18)16-7-5-15(3)6-8-16)19(26)23-9-4-10-24(12-11-23)20(21)27/h5-8,13-14H,4,9-12H2,1-3H3,(H2,21,27). The van der Waals surface area contributed by atoms with Crippen LogP contribution in [0.2, 0.25) is 0 Å². The Morgan fingerprint density at radius 1 is 1.04 bits per heavy atom. The van der Waals surface area contributed by atoms with Crippen molar-refractivity contribution in [2.24, 2.45) is 5.73 Å². The first-order chi connectivity index (χ1) is 12.9. The predicted molar refractivity (Wildman–Crippen MR) is 104 cm³/mol. The second-order valence-corrected chi connectivity index (χ2v) is 7.32. The van der Waals surface area contributed by atoms with Gasteiger partial charge in [-0.05, 0) is 31.4 Å². The number of hydrogen-bond acceptors (Lipinski definition) is 3. The van der Waals surface area contributed by atoms with Gasteiger partial charge in [-0.15, -0.1) is 0 Å². The van der Waals surface area contributed by atoms with Crippen molar-refractivity contribution in [2.75, 3.05) is 26.2 Å². The lowest BCUT2D eigenvalue weighted by Crippen LogP contribution is -2.39. The highest BCUT2D eigenvalue weighted by molar-refractivity contribution is 5.95. The minimum Gasteiger partial charge on any atom is -0.351 e. The Morgan fingerprint density at radius 3 is 2.30 bits per heavy atom. The fourth-order valence-corrected chi connectivity index (χ4v) is 3.48. The second-order valence-electron chi connectivity index (χ2n) is 7.32. The van der Waals surface area contributed by atoms with E-state index in [1.165, 1.54) is 5.56 Å². The molecular weight excluding hydrogens is 342 g/mol. The van der Waals surface area contributed by atoms with Crippen LogP contribution in [0.3, 0.4) is 0 Å². The van der Waals surface area contributed by atoms with Gasteiger partial charge in [0.05, 0.1) is 23.1 Å². The summed E-state index contributed by atoms with van der Waals surface area (Å²) in [7, 11) is 0. The number of aryl methyl sites for hydroxylation is 1. The van der Waals surface area contributed by atoms with Gasteiger partial charge in [0.25, 0.3) is 5.91 Å². The van der Waals surface area contributed by atoms with E-state index in [9.17, 15) is 9.59 Å². The van der Waals surface area contributed by atoms with Gasteiger partial charge < -0.3 is 15.5 Å². The Labute approximate surface area is 159 Å².